The molecule has 0 atom stereocenters. The Morgan fingerprint density at radius 3 is 2.70 bits per heavy atom. The number of aromatic amines is 1. The minimum Gasteiger partial charge on any atom is -0.358 e. The van der Waals surface area contributed by atoms with Gasteiger partial charge in [0.25, 0.3) is 0 Å². The topological polar surface area (TPSA) is 19.0 Å². The SMILES string of the molecule is c1c[nH]c(N2CCCC2)c1. The van der Waals surface area contributed by atoms with Crippen molar-refractivity contribution in [1.29, 1.82) is 0 Å². The van der Waals surface area contributed by atoms with E-state index in [1.54, 1.807) is 0 Å². The Kier molecular flexibility index (Phi) is 1.38. The van der Waals surface area contributed by atoms with Crippen LogP contribution in [0.1, 0.15) is 12.8 Å². The molecular weight excluding hydrogens is 124 g/mol. The van der Waals surface area contributed by atoms with Gasteiger partial charge in [0.05, 0.1) is 0 Å². The van der Waals surface area contributed by atoms with E-state index in [9.17, 15) is 0 Å². The Labute approximate surface area is 60.9 Å². The van der Waals surface area contributed by atoms with Gasteiger partial charge < -0.3 is 9.88 Å². The average Bonchev–Trinajstić information content (AvgIpc) is 2.59. The van der Waals surface area contributed by atoms with E-state index in [1.807, 2.05) is 12.3 Å². The van der Waals surface area contributed by atoms with Gasteiger partial charge in [0.2, 0.25) is 0 Å². The van der Waals surface area contributed by atoms with Crippen LogP contribution in [0.4, 0.5) is 5.82 Å². The molecule has 2 heterocycles. The largest absolute Gasteiger partial charge is 0.358 e. The highest BCUT2D eigenvalue weighted by Crippen LogP contribution is 2.16. The molecule has 0 saturated carbocycles. The Balaban J connectivity index is 2.12. The van der Waals surface area contributed by atoms with Crippen molar-refractivity contribution in [3.05, 3.63) is 18.3 Å². The monoisotopic (exact) mass is 136 g/mol. The van der Waals surface area contributed by atoms with Gasteiger partial charge >= 0.3 is 0 Å². The molecular formula is C8H12N2. The van der Waals surface area contributed by atoms with Gasteiger partial charge in [0, 0.05) is 19.3 Å². The summed E-state index contributed by atoms with van der Waals surface area (Å²) in [5.41, 5.74) is 0. The van der Waals surface area contributed by atoms with E-state index in [4.69, 9.17) is 0 Å². The van der Waals surface area contributed by atoms with Gasteiger partial charge in [-0.3, -0.25) is 0 Å². The second kappa shape index (κ2) is 2.37. The predicted molar refractivity (Wildman–Crippen MR) is 42.2 cm³/mol. The fourth-order valence-electron chi connectivity index (χ4n) is 1.48. The van der Waals surface area contributed by atoms with Gasteiger partial charge in [-0.25, -0.2) is 0 Å². The van der Waals surface area contributed by atoms with E-state index in [0.29, 0.717) is 0 Å². The maximum Gasteiger partial charge on any atom is 0.105 e. The summed E-state index contributed by atoms with van der Waals surface area (Å²) in [7, 11) is 0. The van der Waals surface area contributed by atoms with Crippen LogP contribution >= 0.6 is 0 Å². The zero-order valence-electron chi connectivity index (χ0n) is 6.01. The summed E-state index contributed by atoms with van der Waals surface area (Å²) in [6, 6.07) is 4.18. The van der Waals surface area contributed by atoms with Gasteiger partial charge in [-0.05, 0) is 25.0 Å². The molecule has 1 saturated heterocycles. The highest BCUT2D eigenvalue weighted by molar-refractivity contribution is 5.39. The van der Waals surface area contributed by atoms with Crippen LogP contribution in [0.3, 0.4) is 0 Å². The summed E-state index contributed by atoms with van der Waals surface area (Å²) in [6.45, 7) is 2.45. The van der Waals surface area contributed by atoms with Crippen molar-refractivity contribution >= 4 is 5.82 Å². The number of anilines is 1. The van der Waals surface area contributed by atoms with Crippen molar-refractivity contribution in [2.75, 3.05) is 18.0 Å². The Morgan fingerprint density at radius 1 is 1.30 bits per heavy atom. The lowest BCUT2D eigenvalue weighted by atomic mass is 10.4. The molecule has 0 spiro atoms. The molecule has 0 radical (unpaired) electrons. The summed E-state index contributed by atoms with van der Waals surface area (Å²) in [5.74, 6) is 1.28. The molecule has 0 unspecified atom stereocenters. The lowest BCUT2D eigenvalue weighted by Gasteiger charge is -2.13. The molecule has 0 bridgehead atoms. The third-order valence-electron chi connectivity index (χ3n) is 2.03. The third kappa shape index (κ3) is 0.897. The van der Waals surface area contributed by atoms with E-state index in [-0.39, 0.29) is 0 Å². The molecule has 1 aliphatic rings. The Hall–Kier alpha value is -0.920. The Morgan fingerprint density at radius 2 is 2.10 bits per heavy atom. The van der Waals surface area contributed by atoms with Crippen LogP contribution in [0.2, 0.25) is 0 Å². The lowest BCUT2D eigenvalue weighted by molar-refractivity contribution is 0.946. The maximum atomic E-state index is 3.20. The van der Waals surface area contributed by atoms with Crippen LogP contribution in [-0.4, -0.2) is 18.1 Å². The lowest BCUT2D eigenvalue weighted by Crippen LogP contribution is -2.17. The van der Waals surface area contributed by atoms with E-state index in [0.717, 1.165) is 0 Å². The summed E-state index contributed by atoms with van der Waals surface area (Å²) < 4.78 is 0. The minimum atomic E-state index is 1.22. The summed E-state index contributed by atoms with van der Waals surface area (Å²) in [6.07, 6.45) is 4.67. The predicted octanol–water partition coefficient (Wildman–Crippen LogP) is 1.61. The van der Waals surface area contributed by atoms with Crippen LogP contribution in [0, 0.1) is 0 Å². The second-order valence-corrected chi connectivity index (χ2v) is 2.75. The van der Waals surface area contributed by atoms with Crippen molar-refractivity contribution in [3.63, 3.8) is 0 Å². The molecule has 0 amide bonds. The van der Waals surface area contributed by atoms with Gasteiger partial charge in [0.1, 0.15) is 5.82 Å². The fourth-order valence-corrected chi connectivity index (χ4v) is 1.48. The van der Waals surface area contributed by atoms with E-state index >= 15 is 0 Å². The first-order chi connectivity index (χ1) is 4.97. The third-order valence-corrected chi connectivity index (χ3v) is 2.03. The summed E-state index contributed by atoms with van der Waals surface area (Å²) >= 11 is 0. The molecule has 54 valence electrons. The highest BCUT2D eigenvalue weighted by Gasteiger charge is 2.11. The molecule has 10 heavy (non-hydrogen) atoms. The van der Waals surface area contributed by atoms with Gasteiger partial charge in [0.15, 0.2) is 0 Å². The van der Waals surface area contributed by atoms with Crippen LogP contribution in [0.15, 0.2) is 18.3 Å². The minimum absolute atomic E-state index is 1.22. The molecule has 2 heteroatoms. The second-order valence-electron chi connectivity index (χ2n) is 2.75. The number of rotatable bonds is 1. The number of nitrogens with zero attached hydrogens (tertiary/aromatic N) is 1. The molecule has 1 aromatic rings. The first-order valence-electron chi connectivity index (χ1n) is 3.85. The summed E-state index contributed by atoms with van der Waals surface area (Å²) in [5, 5.41) is 0. The zero-order valence-corrected chi connectivity index (χ0v) is 6.01. The van der Waals surface area contributed by atoms with Gasteiger partial charge in [-0.1, -0.05) is 0 Å². The molecule has 1 fully saturated rings. The van der Waals surface area contributed by atoms with Crippen LogP contribution in [0.25, 0.3) is 0 Å². The van der Waals surface area contributed by atoms with Crippen molar-refractivity contribution in [2.45, 2.75) is 12.8 Å². The smallest absolute Gasteiger partial charge is 0.105 e. The van der Waals surface area contributed by atoms with Crippen molar-refractivity contribution < 1.29 is 0 Å². The molecule has 0 aromatic carbocycles. The summed E-state index contributed by atoms with van der Waals surface area (Å²) in [4.78, 5) is 5.59. The van der Waals surface area contributed by atoms with E-state index in [1.165, 1.54) is 31.7 Å². The first kappa shape index (κ1) is 5.83. The van der Waals surface area contributed by atoms with E-state index in [2.05, 4.69) is 16.0 Å². The van der Waals surface area contributed by atoms with Crippen molar-refractivity contribution in [1.82, 2.24) is 4.98 Å². The number of hydrogen-bond donors (Lipinski definition) is 1. The molecule has 1 N–H and O–H groups in total. The number of aromatic nitrogens is 1. The maximum absolute atomic E-state index is 3.20. The Bertz CT molecular complexity index is 185. The number of H-pyrrole nitrogens is 1. The van der Waals surface area contributed by atoms with Gasteiger partial charge in [-0.15, -0.1) is 0 Å². The first-order valence-corrected chi connectivity index (χ1v) is 3.85. The highest BCUT2D eigenvalue weighted by atomic mass is 15.2. The molecule has 1 aliphatic heterocycles. The van der Waals surface area contributed by atoms with Crippen molar-refractivity contribution in [3.8, 4) is 0 Å². The molecule has 0 aliphatic carbocycles. The van der Waals surface area contributed by atoms with Crippen LogP contribution in [0.5, 0.6) is 0 Å². The number of nitrogens with one attached hydrogen (secondary N) is 1. The zero-order chi connectivity index (χ0) is 6.81. The standard InChI is InChI=1S/C8H12N2/c1-2-7-10(6-1)8-4-3-5-9-8/h3-5,9H,1-2,6-7H2. The quantitative estimate of drug-likeness (QED) is 0.621. The molecule has 2 rings (SSSR count). The number of hydrogen-bond acceptors (Lipinski definition) is 1. The van der Waals surface area contributed by atoms with E-state index < -0.39 is 0 Å². The molecule has 1 aromatic heterocycles. The average molecular weight is 136 g/mol. The molecule has 2 nitrogen and oxygen atoms in total. The van der Waals surface area contributed by atoms with Crippen molar-refractivity contribution in [2.24, 2.45) is 0 Å². The van der Waals surface area contributed by atoms with Gasteiger partial charge in [-0.2, -0.15) is 0 Å². The normalized spacial score (nSPS) is 18.2. The van der Waals surface area contributed by atoms with Crippen LogP contribution in [-0.2, 0) is 0 Å². The van der Waals surface area contributed by atoms with Crippen LogP contribution < -0.4 is 4.90 Å². The fraction of sp³-hybridized carbons (Fsp3) is 0.500.